The van der Waals surface area contributed by atoms with Crippen molar-refractivity contribution in [2.45, 2.75) is 6.54 Å². The van der Waals surface area contributed by atoms with Gasteiger partial charge in [0.25, 0.3) is 11.1 Å². The van der Waals surface area contributed by atoms with Crippen LogP contribution in [0.5, 0.6) is 0 Å². The van der Waals surface area contributed by atoms with Gasteiger partial charge in [0.15, 0.2) is 0 Å². The smallest absolute Gasteiger partial charge is 0.274 e. The highest BCUT2D eigenvalue weighted by Gasteiger charge is 2.11. The van der Waals surface area contributed by atoms with E-state index in [9.17, 15) is 9.59 Å². The summed E-state index contributed by atoms with van der Waals surface area (Å²) >= 11 is 1.35. The van der Waals surface area contributed by atoms with Crippen LogP contribution in [0.1, 0.15) is 5.69 Å². The van der Waals surface area contributed by atoms with E-state index >= 15 is 0 Å². The van der Waals surface area contributed by atoms with Crippen LogP contribution in [0.15, 0.2) is 51.6 Å². The maximum atomic E-state index is 12.5. The molecule has 0 saturated heterocycles. The van der Waals surface area contributed by atoms with E-state index in [-0.39, 0.29) is 17.7 Å². The summed E-state index contributed by atoms with van der Waals surface area (Å²) in [6.07, 6.45) is 1.47. The fourth-order valence-electron chi connectivity index (χ4n) is 2.59. The molecule has 23 heavy (non-hydrogen) atoms. The van der Waals surface area contributed by atoms with E-state index in [1.165, 1.54) is 22.2 Å². The third kappa shape index (κ3) is 2.17. The summed E-state index contributed by atoms with van der Waals surface area (Å²) < 4.78 is 3.57. The molecule has 0 atom stereocenters. The molecule has 0 saturated carbocycles. The van der Waals surface area contributed by atoms with Crippen molar-refractivity contribution in [2.75, 3.05) is 0 Å². The number of benzene rings is 1. The first-order chi connectivity index (χ1) is 11.1. The Hall–Kier alpha value is -2.80. The Morgan fingerprint density at radius 1 is 1.09 bits per heavy atom. The van der Waals surface area contributed by atoms with Crippen molar-refractivity contribution >= 4 is 32.6 Å². The van der Waals surface area contributed by atoms with Crippen molar-refractivity contribution in [3.8, 4) is 0 Å². The van der Waals surface area contributed by atoms with Crippen molar-refractivity contribution < 1.29 is 0 Å². The molecule has 0 aliphatic carbocycles. The van der Waals surface area contributed by atoms with Crippen LogP contribution >= 0.6 is 11.3 Å². The van der Waals surface area contributed by atoms with Gasteiger partial charge in [-0.2, -0.15) is 0 Å². The number of aromatic nitrogens is 4. The van der Waals surface area contributed by atoms with Gasteiger partial charge in [0.2, 0.25) is 0 Å². The summed E-state index contributed by atoms with van der Waals surface area (Å²) in [6, 6.07) is 9.23. The summed E-state index contributed by atoms with van der Waals surface area (Å²) in [6.45, 7) is 0.108. The lowest BCUT2D eigenvalue weighted by Gasteiger charge is -2.09. The van der Waals surface area contributed by atoms with Crippen molar-refractivity contribution in [1.82, 2.24) is 19.1 Å². The number of rotatable bonds is 2. The fourth-order valence-corrected chi connectivity index (χ4v) is 3.39. The van der Waals surface area contributed by atoms with Gasteiger partial charge in [-0.1, -0.05) is 12.1 Å². The van der Waals surface area contributed by atoms with Gasteiger partial charge in [-0.15, -0.1) is 11.3 Å². The summed E-state index contributed by atoms with van der Waals surface area (Å²) in [5, 5.41) is 1.83. The Labute approximate surface area is 134 Å². The number of para-hydroxylation sites is 2. The molecule has 0 radical (unpaired) electrons. The first-order valence-corrected chi connectivity index (χ1v) is 7.90. The van der Waals surface area contributed by atoms with Crippen LogP contribution in [0.2, 0.25) is 0 Å². The molecule has 0 amide bonds. The summed E-state index contributed by atoms with van der Waals surface area (Å²) in [5.41, 5.74) is 2.13. The van der Waals surface area contributed by atoms with Crippen LogP contribution in [-0.4, -0.2) is 19.1 Å². The topological polar surface area (TPSA) is 69.8 Å². The third-order valence-electron chi connectivity index (χ3n) is 3.81. The van der Waals surface area contributed by atoms with Crippen LogP contribution in [0, 0.1) is 0 Å². The van der Waals surface area contributed by atoms with Crippen molar-refractivity contribution in [3.63, 3.8) is 0 Å². The number of hydrogen-bond donors (Lipinski definition) is 0. The molecular formula is C16H12N4O2S. The monoisotopic (exact) mass is 324 g/mol. The number of nitrogens with zero attached hydrogens (tertiary/aromatic N) is 4. The highest BCUT2D eigenvalue weighted by molar-refractivity contribution is 7.17. The zero-order chi connectivity index (χ0) is 16.0. The minimum atomic E-state index is -0.207. The zero-order valence-corrected chi connectivity index (χ0v) is 13.1. The quantitative estimate of drug-likeness (QED) is 0.563. The van der Waals surface area contributed by atoms with E-state index in [0.29, 0.717) is 15.9 Å². The summed E-state index contributed by atoms with van der Waals surface area (Å²) in [4.78, 5) is 33.6. The van der Waals surface area contributed by atoms with Crippen LogP contribution in [0.4, 0.5) is 0 Å². The second-order valence-electron chi connectivity index (χ2n) is 5.22. The summed E-state index contributed by atoms with van der Waals surface area (Å²) in [5.74, 6) is 0. The molecule has 0 N–H and O–H groups in total. The molecule has 3 aromatic heterocycles. The molecule has 1 aromatic carbocycles. The molecule has 4 rings (SSSR count). The van der Waals surface area contributed by atoms with Gasteiger partial charge in [0.05, 0.1) is 29.4 Å². The van der Waals surface area contributed by atoms with Gasteiger partial charge in [-0.25, -0.2) is 9.97 Å². The molecule has 6 nitrogen and oxygen atoms in total. The predicted molar refractivity (Wildman–Crippen MR) is 90.0 cm³/mol. The third-order valence-corrected chi connectivity index (χ3v) is 4.70. The second-order valence-corrected chi connectivity index (χ2v) is 6.14. The molecule has 0 unspecified atom stereocenters. The number of hydrogen-bond acceptors (Lipinski definition) is 5. The zero-order valence-electron chi connectivity index (χ0n) is 12.3. The Morgan fingerprint density at radius 3 is 2.78 bits per heavy atom. The van der Waals surface area contributed by atoms with Gasteiger partial charge in [-0.05, 0) is 23.6 Å². The molecule has 4 aromatic rings. The normalized spacial score (nSPS) is 11.3. The lowest BCUT2D eigenvalue weighted by Crippen LogP contribution is -2.28. The van der Waals surface area contributed by atoms with Crippen LogP contribution in [-0.2, 0) is 13.6 Å². The number of fused-ring (bicyclic) bond motifs is 2. The summed E-state index contributed by atoms with van der Waals surface area (Å²) in [7, 11) is 1.71. The van der Waals surface area contributed by atoms with Crippen molar-refractivity contribution in [1.29, 1.82) is 0 Å². The number of thiophene rings is 1. The Bertz CT molecular complexity index is 1160. The Morgan fingerprint density at radius 2 is 1.91 bits per heavy atom. The van der Waals surface area contributed by atoms with Gasteiger partial charge in [0.1, 0.15) is 10.4 Å². The van der Waals surface area contributed by atoms with E-state index in [4.69, 9.17) is 0 Å². The van der Waals surface area contributed by atoms with Gasteiger partial charge < -0.3 is 4.57 Å². The van der Waals surface area contributed by atoms with Crippen molar-refractivity contribution in [2.24, 2.45) is 7.05 Å². The molecular weight excluding hydrogens is 312 g/mol. The first kappa shape index (κ1) is 13.8. The second kappa shape index (κ2) is 5.13. The molecule has 0 aliphatic rings. The first-order valence-electron chi connectivity index (χ1n) is 7.02. The Kier molecular flexibility index (Phi) is 3.09. The lowest BCUT2D eigenvalue weighted by atomic mass is 10.3. The maximum absolute atomic E-state index is 12.5. The standard InChI is InChI=1S/C16H12N4O2S/c1-19-13-5-3-2-4-10(13)18-12(15(19)21)8-20-9-17-11-6-7-23-14(11)16(20)22/h2-7,9H,8H2,1H3. The van der Waals surface area contributed by atoms with Gasteiger partial charge >= 0.3 is 0 Å². The Balaban J connectivity index is 1.89. The SMILES string of the molecule is Cn1c(=O)c(Cn2cnc3ccsc3c2=O)nc2ccccc21. The van der Waals surface area contributed by atoms with E-state index < -0.39 is 0 Å². The van der Waals surface area contributed by atoms with Crippen LogP contribution in [0.3, 0.4) is 0 Å². The number of aryl methyl sites for hydroxylation is 1. The largest absolute Gasteiger partial charge is 0.308 e. The molecule has 7 heteroatoms. The average molecular weight is 324 g/mol. The van der Waals surface area contributed by atoms with E-state index in [0.717, 1.165) is 11.0 Å². The molecule has 0 aliphatic heterocycles. The molecule has 0 fully saturated rings. The van der Waals surface area contributed by atoms with E-state index in [1.54, 1.807) is 17.7 Å². The van der Waals surface area contributed by atoms with Crippen LogP contribution in [0.25, 0.3) is 21.3 Å². The average Bonchev–Trinajstić information content (AvgIpc) is 3.04. The van der Waals surface area contributed by atoms with Gasteiger partial charge in [0, 0.05) is 7.05 Å². The predicted octanol–water partition coefficient (Wildman–Crippen LogP) is 1.75. The fraction of sp³-hybridized carbons (Fsp3) is 0.125. The highest BCUT2D eigenvalue weighted by atomic mass is 32.1. The van der Waals surface area contributed by atoms with E-state index in [1.807, 2.05) is 29.6 Å². The molecule has 0 bridgehead atoms. The minimum absolute atomic E-state index is 0.108. The molecule has 114 valence electrons. The van der Waals surface area contributed by atoms with Crippen LogP contribution < -0.4 is 11.1 Å². The van der Waals surface area contributed by atoms with Gasteiger partial charge in [-0.3, -0.25) is 14.2 Å². The van der Waals surface area contributed by atoms with E-state index in [2.05, 4.69) is 9.97 Å². The molecule has 0 spiro atoms. The highest BCUT2D eigenvalue weighted by Crippen LogP contribution is 2.13. The molecule has 3 heterocycles. The minimum Gasteiger partial charge on any atom is -0.308 e. The van der Waals surface area contributed by atoms with Crippen molar-refractivity contribution in [3.05, 3.63) is 68.4 Å². The lowest BCUT2D eigenvalue weighted by molar-refractivity contribution is 0.709. The maximum Gasteiger partial charge on any atom is 0.274 e.